The first-order valence-corrected chi connectivity index (χ1v) is 14.0. The van der Waals surface area contributed by atoms with Crippen molar-refractivity contribution < 1.29 is 19.1 Å². The molecule has 0 aliphatic carbocycles. The SMILES string of the molecule is COC(=O)c1ccc(CC(CNc2nc(-c3ccc(Cl)c(Cl)c3)c(CC(C)C)s2)C(=O)OC(C)(C)C)cc1. The number of aromatic nitrogens is 1. The van der Waals surface area contributed by atoms with E-state index in [1.54, 1.807) is 29.5 Å². The molecule has 0 fully saturated rings. The van der Waals surface area contributed by atoms with Crippen molar-refractivity contribution >= 4 is 51.6 Å². The summed E-state index contributed by atoms with van der Waals surface area (Å²) in [5.74, 6) is -0.734. The monoisotopic (exact) mass is 576 g/mol. The fourth-order valence-electron chi connectivity index (χ4n) is 3.82. The summed E-state index contributed by atoms with van der Waals surface area (Å²) in [6.45, 7) is 10.2. The zero-order valence-corrected chi connectivity index (χ0v) is 24.9. The fourth-order valence-corrected chi connectivity index (χ4v) is 5.32. The van der Waals surface area contributed by atoms with Crippen molar-refractivity contribution in [3.8, 4) is 11.3 Å². The normalized spacial score (nSPS) is 12.3. The number of esters is 2. The zero-order valence-electron chi connectivity index (χ0n) is 22.6. The molecule has 0 saturated carbocycles. The maximum atomic E-state index is 13.1. The van der Waals surface area contributed by atoms with E-state index >= 15 is 0 Å². The second kappa shape index (κ2) is 13.0. The highest BCUT2D eigenvalue weighted by Gasteiger charge is 2.26. The third kappa shape index (κ3) is 8.45. The van der Waals surface area contributed by atoms with Crippen LogP contribution in [0, 0.1) is 11.8 Å². The average Bonchev–Trinajstić information content (AvgIpc) is 3.24. The minimum Gasteiger partial charge on any atom is -0.465 e. The number of rotatable bonds is 10. The van der Waals surface area contributed by atoms with Crippen LogP contribution in [0.15, 0.2) is 42.5 Å². The quantitative estimate of drug-likeness (QED) is 0.249. The van der Waals surface area contributed by atoms with E-state index in [0.717, 1.165) is 33.3 Å². The molecule has 0 spiro atoms. The Morgan fingerprint density at radius 3 is 2.29 bits per heavy atom. The molecular formula is C29H34Cl2N2O4S. The van der Waals surface area contributed by atoms with Crippen LogP contribution in [-0.2, 0) is 27.1 Å². The van der Waals surface area contributed by atoms with Crippen LogP contribution in [0.2, 0.25) is 10.0 Å². The molecule has 1 atom stereocenters. The van der Waals surface area contributed by atoms with Gasteiger partial charge in [0, 0.05) is 17.0 Å². The van der Waals surface area contributed by atoms with Crippen molar-refractivity contribution in [2.24, 2.45) is 11.8 Å². The minimum absolute atomic E-state index is 0.300. The molecule has 6 nitrogen and oxygen atoms in total. The predicted octanol–water partition coefficient (Wildman–Crippen LogP) is 7.71. The van der Waals surface area contributed by atoms with E-state index in [-0.39, 0.29) is 5.97 Å². The van der Waals surface area contributed by atoms with Crippen LogP contribution in [0.1, 0.15) is 55.4 Å². The molecule has 3 rings (SSSR count). The molecule has 38 heavy (non-hydrogen) atoms. The van der Waals surface area contributed by atoms with Gasteiger partial charge in [-0.2, -0.15) is 0 Å². The number of nitrogens with one attached hydrogen (secondary N) is 1. The minimum atomic E-state index is -0.614. The summed E-state index contributed by atoms with van der Waals surface area (Å²) in [7, 11) is 1.35. The van der Waals surface area contributed by atoms with Gasteiger partial charge in [0.05, 0.1) is 34.3 Å². The van der Waals surface area contributed by atoms with E-state index in [1.165, 1.54) is 7.11 Å². The van der Waals surface area contributed by atoms with E-state index in [2.05, 4.69) is 19.2 Å². The number of halogens is 2. The maximum Gasteiger partial charge on any atom is 0.337 e. The molecule has 0 aliphatic rings. The molecule has 1 aromatic heterocycles. The lowest BCUT2D eigenvalue weighted by atomic mass is 9.98. The fraction of sp³-hybridized carbons (Fsp3) is 0.414. The number of hydrogen-bond donors (Lipinski definition) is 1. The van der Waals surface area contributed by atoms with Gasteiger partial charge in [-0.05, 0) is 69.4 Å². The van der Waals surface area contributed by atoms with Gasteiger partial charge in [-0.15, -0.1) is 11.3 Å². The number of nitrogens with zero attached hydrogens (tertiary/aromatic N) is 1. The third-order valence-corrected chi connectivity index (χ3v) is 7.36. The number of benzene rings is 2. The van der Waals surface area contributed by atoms with E-state index in [9.17, 15) is 9.59 Å². The van der Waals surface area contributed by atoms with E-state index < -0.39 is 17.5 Å². The molecule has 9 heteroatoms. The number of hydrogen-bond acceptors (Lipinski definition) is 7. The van der Waals surface area contributed by atoms with Gasteiger partial charge in [0.1, 0.15) is 5.60 Å². The number of thiazole rings is 1. The van der Waals surface area contributed by atoms with Crippen molar-refractivity contribution in [1.29, 1.82) is 0 Å². The Hall–Kier alpha value is -2.61. The molecule has 1 unspecified atom stereocenters. The molecule has 204 valence electrons. The van der Waals surface area contributed by atoms with E-state index in [4.69, 9.17) is 37.7 Å². The number of carbonyl (C=O) groups is 2. The summed E-state index contributed by atoms with van der Waals surface area (Å²) < 4.78 is 10.5. The van der Waals surface area contributed by atoms with Gasteiger partial charge in [0.25, 0.3) is 0 Å². The van der Waals surface area contributed by atoms with Gasteiger partial charge in [-0.25, -0.2) is 9.78 Å². The first-order chi connectivity index (χ1) is 17.9. The van der Waals surface area contributed by atoms with Crippen LogP contribution in [0.5, 0.6) is 0 Å². The molecule has 0 saturated heterocycles. The van der Waals surface area contributed by atoms with Crippen molar-refractivity contribution in [2.75, 3.05) is 19.0 Å². The molecule has 1 N–H and O–H groups in total. The lowest BCUT2D eigenvalue weighted by Gasteiger charge is -2.24. The number of anilines is 1. The Morgan fingerprint density at radius 2 is 1.71 bits per heavy atom. The van der Waals surface area contributed by atoms with Gasteiger partial charge in [0.15, 0.2) is 5.13 Å². The average molecular weight is 578 g/mol. The molecule has 0 aliphatic heterocycles. The Balaban J connectivity index is 1.84. The highest BCUT2D eigenvalue weighted by Crippen LogP contribution is 2.36. The molecule has 0 radical (unpaired) electrons. The lowest BCUT2D eigenvalue weighted by molar-refractivity contribution is -0.159. The second-order valence-electron chi connectivity index (χ2n) is 10.5. The summed E-state index contributed by atoms with van der Waals surface area (Å²) in [4.78, 5) is 30.9. The molecule has 2 aromatic carbocycles. The summed E-state index contributed by atoms with van der Waals surface area (Å²) >= 11 is 14.0. The molecule has 3 aromatic rings. The highest BCUT2D eigenvalue weighted by molar-refractivity contribution is 7.16. The van der Waals surface area contributed by atoms with Gasteiger partial charge >= 0.3 is 11.9 Å². The molecule has 1 heterocycles. The number of carbonyl (C=O) groups excluding carboxylic acids is 2. The molecule has 0 amide bonds. The third-order valence-electron chi connectivity index (χ3n) is 5.58. The standard InChI is InChI=1S/C29H34Cl2N2O4S/c1-17(2)13-24-25(20-11-12-22(30)23(31)15-20)33-28(38-24)32-16-21(27(35)37-29(3,4)5)14-18-7-9-19(10-8-18)26(34)36-6/h7-12,15,17,21H,13-14,16H2,1-6H3,(H,32,33). The lowest BCUT2D eigenvalue weighted by Crippen LogP contribution is -2.33. The van der Waals surface area contributed by atoms with Crippen molar-refractivity contribution in [1.82, 2.24) is 4.98 Å². The second-order valence-corrected chi connectivity index (χ2v) is 12.4. The van der Waals surface area contributed by atoms with E-state index in [1.807, 2.05) is 45.0 Å². The van der Waals surface area contributed by atoms with Gasteiger partial charge in [0.2, 0.25) is 0 Å². The van der Waals surface area contributed by atoms with Crippen LogP contribution >= 0.6 is 34.5 Å². The van der Waals surface area contributed by atoms with Crippen LogP contribution in [-0.4, -0.2) is 36.2 Å². The first-order valence-electron chi connectivity index (χ1n) is 12.5. The van der Waals surface area contributed by atoms with Crippen LogP contribution in [0.3, 0.4) is 0 Å². The van der Waals surface area contributed by atoms with Crippen LogP contribution < -0.4 is 5.32 Å². The summed E-state index contributed by atoms with van der Waals surface area (Å²) in [5, 5.41) is 5.06. The summed E-state index contributed by atoms with van der Waals surface area (Å²) in [5.41, 5.74) is 2.51. The zero-order chi connectivity index (χ0) is 28.0. The number of ether oxygens (including phenoxy) is 2. The van der Waals surface area contributed by atoms with Crippen molar-refractivity contribution in [3.05, 3.63) is 68.5 Å². The van der Waals surface area contributed by atoms with Crippen LogP contribution in [0.4, 0.5) is 5.13 Å². The molecule has 0 bridgehead atoms. The topological polar surface area (TPSA) is 77.5 Å². The molecular weight excluding hydrogens is 543 g/mol. The Morgan fingerprint density at radius 1 is 1.03 bits per heavy atom. The van der Waals surface area contributed by atoms with Crippen molar-refractivity contribution in [2.45, 2.75) is 53.1 Å². The Bertz CT molecular complexity index is 1270. The maximum absolute atomic E-state index is 13.1. The largest absolute Gasteiger partial charge is 0.465 e. The van der Waals surface area contributed by atoms with Crippen LogP contribution in [0.25, 0.3) is 11.3 Å². The van der Waals surface area contributed by atoms with Gasteiger partial charge in [-0.1, -0.05) is 55.2 Å². The smallest absolute Gasteiger partial charge is 0.337 e. The van der Waals surface area contributed by atoms with Crippen molar-refractivity contribution in [3.63, 3.8) is 0 Å². The Kier molecular flexibility index (Phi) is 10.2. The summed E-state index contributed by atoms with van der Waals surface area (Å²) in [6.07, 6.45) is 1.30. The number of methoxy groups -OCH3 is 1. The van der Waals surface area contributed by atoms with Gasteiger partial charge < -0.3 is 14.8 Å². The highest BCUT2D eigenvalue weighted by atomic mass is 35.5. The Labute approximate surface area is 238 Å². The predicted molar refractivity (Wildman–Crippen MR) is 155 cm³/mol. The van der Waals surface area contributed by atoms with E-state index in [0.29, 0.717) is 34.5 Å². The first kappa shape index (κ1) is 29.9. The summed E-state index contributed by atoms with van der Waals surface area (Å²) in [6, 6.07) is 12.6. The van der Waals surface area contributed by atoms with Gasteiger partial charge in [-0.3, -0.25) is 4.79 Å².